The van der Waals surface area contributed by atoms with Crippen molar-refractivity contribution in [3.8, 4) is 0 Å². The third-order valence-electron chi connectivity index (χ3n) is 4.93. The molecule has 1 aromatic carbocycles. The Morgan fingerprint density at radius 1 is 1.23 bits per heavy atom. The molecule has 3 N–H and O–H groups in total. The van der Waals surface area contributed by atoms with Crippen molar-refractivity contribution < 1.29 is 17.9 Å². The molecule has 3 rings (SSSR count). The van der Waals surface area contributed by atoms with Gasteiger partial charge in [-0.1, -0.05) is 12.1 Å². The predicted octanol–water partition coefficient (Wildman–Crippen LogP) is 0.494. The van der Waals surface area contributed by atoms with E-state index in [4.69, 9.17) is 10.5 Å². The van der Waals surface area contributed by atoms with Crippen LogP contribution in [0.5, 0.6) is 0 Å². The van der Waals surface area contributed by atoms with Crippen LogP contribution < -0.4 is 11.1 Å². The van der Waals surface area contributed by atoms with E-state index in [0.29, 0.717) is 51.6 Å². The average molecular weight is 381 g/mol. The number of nitrogens with one attached hydrogen (secondary N) is 1. The van der Waals surface area contributed by atoms with Crippen LogP contribution in [-0.4, -0.2) is 57.5 Å². The topological polar surface area (TPSA) is 102 Å². The summed E-state index contributed by atoms with van der Waals surface area (Å²) >= 11 is 0. The zero-order valence-electron chi connectivity index (χ0n) is 14.9. The number of benzene rings is 1. The third kappa shape index (κ3) is 5.03. The van der Waals surface area contributed by atoms with E-state index in [1.165, 1.54) is 4.31 Å². The zero-order valence-corrected chi connectivity index (χ0v) is 15.7. The molecule has 0 bridgehead atoms. The number of amides is 1. The van der Waals surface area contributed by atoms with Gasteiger partial charge in [0.05, 0.1) is 18.1 Å². The first-order valence-corrected chi connectivity index (χ1v) is 10.6. The maximum atomic E-state index is 12.6. The number of carbonyl (C=O) groups excluding carboxylic acids is 1. The quantitative estimate of drug-likeness (QED) is 0.683. The van der Waals surface area contributed by atoms with E-state index in [9.17, 15) is 13.2 Å². The first-order valence-electron chi connectivity index (χ1n) is 9.16. The Morgan fingerprint density at radius 3 is 2.50 bits per heavy atom. The van der Waals surface area contributed by atoms with E-state index in [1.54, 1.807) is 24.3 Å². The number of hydrogen-bond donors (Lipinski definition) is 2. The SMILES string of the molecule is NC(CNC(=O)CCc1ccc(S(=O)(=O)N2CCOCC2)cc1)C1CC1. The molecular formula is C18H27N3O4S. The largest absolute Gasteiger partial charge is 0.379 e. The summed E-state index contributed by atoms with van der Waals surface area (Å²) in [7, 11) is -3.47. The van der Waals surface area contributed by atoms with E-state index in [0.717, 1.165) is 18.4 Å². The second-order valence-electron chi connectivity index (χ2n) is 6.97. The Morgan fingerprint density at radius 2 is 1.88 bits per heavy atom. The fraction of sp³-hybridized carbons (Fsp3) is 0.611. The standard InChI is InChI=1S/C18H27N3O4S/c19-17(15-4-5-15)13-20-18(22)8-3-14-1-6-16(7-2-14)26(23,24)21-9-11-25-12-10-21/h1-2,6-7,15,17H,3-5,8-13,19H2,(H,20,22). The molecule has 2 fully saturated rings. The summed E-state index contributed by atoms with van der Waals surface area (Å²) in [6.07, 6.45) is 3.27. The number of nitrogens with zero attached hydrogens (tertiary/aromatic N) is 1. The number of rotatable bonds is 8. The lowest BCUT2D eigenvalue weighted by atomic mass is 10.1. The van der Waals surface area contributed by atoms with Crippen LogP contribution >= 0.6 is 0 Å². The van der Waals surface area contributed by atoms with E-state index < -0.39 is 10.0 Å². The lowest BCUT2D eigenvalue weighted by molar-refractivity contribution is -0.121. The van der Waals surface area contributed by atoms with Crippen molar-refractivity contribution in [2.45, 2.75) is 36.6 Å². The number of aryl methyl sites for hydroxylation is 1. The molecule has 1 saturated carbocycles. The van der Waals surface area contributed by atoms with E-state index in [2.05, 4.69) is 5.32 Å². The monoisotopic (exact) mass is 381 g/mol. The molecule has 26 heavy (non-hydrogen) atoms. The van der Waals surface area contributed by atoms with Gasteiger partial charge < -0.3 is 15.8 Å². The lowest BCUT2D eigenvalue weighted by Crippen LogP contribution is -2.40. The summed E-state index contributed by atoms with van der Waals surface area (Å²) < 4.78 is 31.8. The number of morpholine rings is 1. The van der Waals surface area contributed by atoms with Crippen molar-refractivity contribution in [3.05, 3.63) is 29.8 Å². The molecule has 1 aliphatic heterocycles. The van der Waals surface area contributed by atoms with Gasteiger partial charge in [-0.2, -0.15) is 4.31 Å². The number of ether oxygens (including phenoxy) is 1. The smallest absolute Gasteiger partial charge is 0.243 e. The molecule has 0 radical (unpaired) electrons. The van der Waals surface area contributed by atoms with Crippen molar-refractivity contribution in [2.24, 2.45) is 11.7 Å². The number of sulfonamides is 1. The van der Waals surface area contributed by atoms with Gasteiger partial charge in [-0.25, -0.2) is 8.42 Å². The Balaban J connectivity index is 1.48. The highest BCUT2D eigenvalue weighted by molar-refractivity contribution is 7.89. The highest BCUT2D eigenvalue weighted by Gasteiger charge is 2.28. The molecule has 1 unspecified atom stereocenters. The zero-order chi connectivity index (χ0) is 18.6. The fourth-order valence-electron chi connectivity index (χ4n) is 3.03. The molecule has 1 aliphatic carbocycles. The minimum atomic E-state index is -3.47. The van der Waals surface area contributed by atoms with Gasteiger partial charge in [0.1, 0.15) is 0 Å². The Bertz CT molecular complexity index is 710. The first-order chi connectivity index (χ1) is 12.5. The van der Waals surface area contributed by atoms with E-state index in [-0.39, 0.29) is 16.8 Å². The van der Waals surface area contributed by atoms with Gasteiger partial charge in [0.2, 0.25) is 15.9 Å². The minimum absolute atomic E-state index is 0.0221. The Hall–Kier alpha value is -1.48. The van der Waals surface area contributed by atoms with Crippen LogP contribution in [0.2, 0.25) is 0 Å². The third-order valence-corrected chi connectivity index (χ3v) is 6.85. The summed E-state index contributed by atoms with van der Waals surface area (Å²) in [6, 6.07) is 6.83. The molecule has 1 heterocycles. The van der Waals surface area contributed by atoms with Gasteiger partial charge in [0, 0.05) is 32.1 Å². The molecule has 0 aromatic heterocycles. The molecule has 1 saturated heterocycles. The molecule has 144 valence electrons. The van der Waals surface area contributed by atoms with Gasteiger partial charge in [-0.05, 0) is 42.9 Å². The van der Waals surface area contributed by atoms with Gasteiger partial charge in [-0.15, -0.1) is 0 Å². The van der Waals surface area contributed by atoms with E-state index in [1.807, 2.05) is 0 Å². The summed E-state index contributed by atoms with van der Waals surface area (Å²) in [5.41, 5.74) is 6.91. The van der Waals surface area contributed by atoms with Crippen LogP contribution in [0.4, 0.5) is 0 Å². The maximum absolute atomic E-state index is 12.6. The highest BCUT2D eigenvalue weighted by Crippen LogP contribution is 2.31. The second kappa shape index (κ2) is 8.47. The summed E-state index contributed by atoms with van der Waals surface area (Å²) in [6.45, 7) is 2.15. The highest BCUT2D eigenvalue weighted by atomic mass is 32.2. The first kappa shape index (κ1) is 19.3. The van der Waals surface area contributed by atoms with Gasteiger partial charge >= 0.3 is 0 Å². The maximum Gasteiger partial charge on any atom is 0.243 e. The Labute approximate surface area is 154 Å². The van der Waals surface area contributed by atoms with E-state index >= 15 is 0 Å². The number of hydrogen-bond acceptors (Lipinski definition) is 5. The van der Waals surface area contributed by atoms with Gasteiger partial charge in [0.15, 0.2) is 0 Å². The van der Waals surface area contributed by atoms with Crippen LogP contribution in [0, 0.1) is 5.92 Å². The van der Waals surface area contributed by atoms with Crippen molar-refractivity contribution in [1.29, 1.82) is 0 Å². The molecule has 1 aromatic rings. The summed E-state index contributed by atoms with van der Waals surface area (Å²) in [5.74, 6) is 0.544. The Kier molecular flexibility index (Phi) is 6.29. The molecular weight excluding hydrogens is 354 g/mol. The molecule has 1 amide bonds. The summed E-state index contributed by atoms with van der Waals surface area (Å²) in [5, 5.41) is 2.87. The summed E-state index contributed by atoms with van der Waals surface area (Å²) in [4.78, 5) is 12.2. The number of nitrogens with two attached hydrogens (primary N) is 1. The van der Waals surface area contributed by atoms with Crippen molar-refractivity contribution in [1.82, 2.24) is 9.62 Å². The van der Waals surface area contributed by atoms with Crippen LogP contribution in [0.3, 0.4) is 0 Å². The van der Waals surface area contributed by atoms with Crippen molar-refractivity contribution >= 4 is 15.9 Å². The second-order valence-corrected chi connectivity index (χ2v) is 8.90. The molecule has 7 nitrogen and oxygen atoms in total. The van der Waals surface area contributed by atoms with Crippen molar-refractivity contribution in [3.63, 3.8) is 0 Å². The normalized spacial score (nSPS) is 19.9. The van der Waals surface area contributed by atoms with Gasteiger partial charge in [0.25, 0.3) is 0 Å². The molecule has 2 aliphatic rings. The molecule has 8 heteroatoms. The fourth-order valence-corrected chi connectivity index (χ4v) is 4.44. The van der Waals surface area contributed by atoms with Crippen LogP contribution in [0.1, 0.15) is 24.8 Å². The number of carbonyl (C=O) groups is 1. The van der Waals surface area contributed by atoms with Crippen molar-refractivity contribution in [2.75, 3.05) is 32.8 Å². The molecule has 1 atom stereocenters. The average Bonchev–Trinajstić information content (AvgIpc) is 3.51. The van der Waals surface area contributed by atoms with Crippen LogP contribution in [0.25, 0.3) is 0 Å². The van der Waals surface area contributed by atoms with Crippen LogP contribution in [0.15, 0.2) is 29.2 Å². The predicted molar refractivity (Wildman–Crippen MR) is 98.0 cm³/mol. The molecule has 0 spiro atoms. The van der Waals surface area contributed by atoms with Gasteiger partial charge in [-0.3, -0.25) is 4.79 Å². The van der Waals surface area contributed by atoms with Crippen LogP contribution in [-0.2, 0) is 26.0 Å². The minimum Gasteiger partial charge on any atom is -0.379 e. The lowest BCUT2D eigenvalue weighted by Gasteiger charge is -2.26.